The van der Waals surface area contributed by atoms with Gasteiger partial charge in [-0.25, -0.2) is 9.37 Å². The lowest BCUT2D eigenvalue weighted by molar-refractivity contribution is 0.0954. The topological polar surface area (TPSA) is 51.2 Å². The van der Waals surface area contributed by atoms with Gasteiger partial charge in [-0.15, -0.1) is 17.9 Å². The van der Waals surface area contributed by atoms with E-state index in [1.165, 1.54) is 11.3 Å². The van der Waals surface area contributed by atoms with Crippen molar-refractivity contribution in [3.8, 4) is 5.75 Å². The SMILES string of the molecule is C=CCCCOc1cccc(CNC(=O)c2cc3cccnc3s2)c1F. The van der Waals surface area contributed by atoms with Gasteiger partial charge in [0, 0.05) is 23.7 Å². The number of hydrogen-bond acceptors (Lipinski definition) is 4. The number of benzene rings is 1. The fourth-order valence-corrected chi connectivity index (χ4v) is 3.38. The number of thiophene rings is 1. The van der Waals surface area contributed by atoms with Crippen molar-refractivity contribution in [2.75, 3.05) is 6.61 Å². The van der Waals surface area contributed by atoms with Gasteiger partial charge in [0.2, 0.25) is 0 Å². The van der Waals surface area contributed by atoms with E-state index in [1.54, 1.807) is 36.5 Å². The molecule has 0 saturated heterocycles. The summed E-state index contributed by atoms with van der Waals surface area (Å²) in [6, 6.07) is 10.5. The first-order valence-electron chi connectivity index (χ1n) is 8.33. The lowest BCUT2D eigenvalue weighted by Gasteiger charge is -2.10. The van der Waals surface area contributed by atoms with Crippen LogP contribution in [0.15, 0.2) is 55.3 Å². The fourth-order valence-electron chi connectivity index (χ4n) is 2.46. The Kier molecular flexibility index (Phi) is 5.96. The van der Waals surface area contributed by atoms with Crippen LogP contribution < -0.4 is 10.1 Å². The van der Waals surface area contributed by atoms with Gasteiger partial charge in [-0.3, -0.25) is 4.79 Å². The number of unbranched alkanes of at least 4 members (excludes halogenated alkanes) is 1. The Morgan fingerprint density at radius 1 is 1.35 bits per heavy atom. The van der Waals surface area contributed by atoms with E-state index in [9.17, 15) is 9.18 Å². The molecule has 0 aliphatic rings. The van der Waals surface area contributed by atoms with Crippen molar-refractivity contribution in [3.05, 3.63) is 71.5 Å². The molecule has 3 rings (SSSR count). The molecule has 0 spiro atoms. The quantitative estimate of drug-likeness (QED) is 0.461. The second-order valence-electron chi connectivity index (χ2n) is 5.70. The maximum atomic E-state index is 14.5. The van der Waals surface area contributed by atoms with Crippen LogP contribution in [0.5, 0.6) is 5.75 Å². The third-order valence-electron chi connectivity index (χ3n) is 3.81. The third kappa shape index (κ3) is 4.26. The highest BCUT2D eigenvalue weighted by atomic mass is 32.1. The molecule has 0 unspecified atom stereocenters. The predicted molar refractivity (Wildman–Crippen MR) is 102 cm³/mol. The molecule has 2 heterocycles. The van der Waals surface area contributed by atoms with Crippen LogP contribution in [0.3, 0.4) is 0 Å². The van der Waals surface area contributed by atoms with Crippen LogP contribution in [0.25, 0.3) is 10.2 Å². The van der Waals surface area contributed by atoms with Gasteiger partial charge in [-0.05, 0) is 31.0 Å². The van der Waals surface area contributed by atoms with Crippen molar-refractivity contribution < 1.29 is 13.9 Å². The first-order valence-corrected chi connectivity index (χ1v) is 9.14. The highest BCUT2D eigenvalue weighted by Gasteiger charge is 2.13. The van der Waals surface area contributed by atoms with Crippen LogP contribution in [0.4, 0.5) is 4.39 Å². The van der Waals surface area contributed by atoms with Crippen molar-refractivity contribution >= 4 is 27.5 Å². The number of halogens is 1. The highest BCUT2D eigenvalue weighted by molar-refractivity contribution is 7.20. The molecule has 6 heteroatoms. The molecule has 0 saturated carbocycles. The number of carbonyl (C=O) groups is 1. The van der Waals surface area contributed by atoms with E-state index in [2.05, 4.69) is 16.9 Å². The Bertz CT molecular complexity index is 890. The van der Waals surface area contributed by atoms with Gasteiger partial charge in [0.15, 0.2) is 11.6 Å². The Labute approximate surface area is 155 Å². The maximum Gasteiger partial charge on any atom is 0.261 e. The lowest BCUT2D eigenvalue weighted by atomic mass is 10.2. The number of fused-ring (bicyclic) bond motifs is 1. The Balaban J connectivity index is 1.63. The van der Waals surface area contributed by atoms with Crippen LogP contribution >= 0.6 is 11.3 Å². The van der Waals surface area contributed by atoms with E-state index in [1.807, 2.05) is 12.1 Å². The van der Waals surface area contributed by atoms with Crippen molar-refractivity contribution in [3.63, 3.8) is 0 Å². The molecule has 0 radical (unpaired) electrons. The molecule has 0 aliphatic heterocycles. The van der Waals surface area contributed by atoms with Gasteiger partial charge >= 0.3 is 0 Å². The average molecular weight is 370 g/mol. The van der Waals surface area contributed by atoms with Crippen LogP contribution in [0.1, 0.15) is 28.1 Å². The van der Waals surface area contributed by atoms with Crippen molar-refractivity contribution in [1.29, 1.82) is 0 Å². The van der Waals surface area contributed by atoms with E-state index >= 15 is 0 Å². The highest BCUT2D eigenvalue weighted by Crippen LogP contribution is 2.24. The number of carbonyl (C=O) groups excluding carboxylic acids is 1. The second-order valence-corrected chi connectivity index (χ2v) is 6.73. The van der Waals surface area contributed by atoms with Crippen molar-refractivity contribution in [2.45, 2.75) is 19.4 Å². The van der Waals surface area contributed by atoms with Crippen LogP contribution in [-0.2, 0) is 6.54 Å². The molecule has 1 N–H and O–H groups in total. The summed E-state index contributed by atoms with van der Waals surface area (Å²) in [6.45, 7) is 4.16. The van der Waals surface area contributed by atoms with Crippen LogP contribution in [-0.4, -0.2) is 17.5 Å². The van der Waals surface area contributed by atoms with Gasteiger partial charge in [-0.2, -0.15) is 0 Å². The normalized spacial score (nSPS) is 10.7. The number of nitrogens with one attached hydrogen (secondary N) is 1. The fraction of sp³-hybridized carbons (Fsp3) is 0.200. The van der Waals surface area contributed by atoms with Gasteiger partial charge in [-0.1, -0.05) is 24.3 Å². The molecule has 4 nitrogen and oxygen atoms in total. The van der Waals surface area contributed by atoms with E-state index < -0.39 is 5.82 Å². The Hall–Kier alpha value is -2.73. The summed E-state index contributed by atoms with van der Waals surface area (Å²) in [5, 5.41) is 3.68. The summed E-state index contributed by atoms with van der Waals surface area (Å²) < 4.78 is 20.0. The summed E-state index contributed by atoms with van der Waals surface area (Å²) in [5.74, 6) is -0.485. The second kappa shape index (κ2) is 8.58. The third-order valence-corrected chi connectivity index (χ3v) is 4.87. The number of pyridine rings is 1. The summed E-state index contributed by atoms with van der Waals surface area (Å²) in [6.07, 6.45) is 5.09. The molecular weight excluding hydrogens is 351 g/mol. The molecule has 0 aliphatic carbocycles. The minimum Gasteiger partial charge on any atom is -0.490 e. The largest absolute Gasteiger partial charge is 0.490 e. The van der Waals surface area contributed by atoms with E-state index in [0.29, 0.717) is 17.0 Å². The smallest absolute Gasteiger partial charge is 0.261 e. The van der Waals surface area contributed by atoms with Crippen molar-refractivity contribution in [2.24, 2.45) is 0 Å². The van der Waals surface area contributed by atoms with E-state index in [0.717, 1.165) is 23.1 Å². The molecule has 2 aromatic heterocycles. The number of amides is 1. The maximum absolute atomic E-state index is 14.5. The molecule has 0 atom stereocenters. The number of allylic oxidation sites excluding steroid dienone is 1. The number of ether oxygens (including phenoxy) is 1. The average Bonchev–Trinajstić information content (AvgIpc) is 3.09. The molecule has 1 aromatic carbocycles. The minimum atomic E-state index is -0.440. The minimum absolute atomic E-state index is 0.0935. The molecular formula is C20H19FN2O2S. The first-order chi connectivity index (χ1) is 12.7. The van der Waals surface area contributed by atoms with E-state index in [-0.39, 0.29) is 18.2 Å². The Morgan fingerprint density at radius 3 is 3.04 bits per heavy atom. The van der Waals surface area contributed by atoms with Crippen LogP contribution in [0.2, 0.25) is 0 Å². The van der Waals surface area contributed by atoms with Gasteiger partial charge < -0.3 is 10.1 Å². The number of rotatable bonds is 8. The van der Waals surface area contributed by atoms with Gasteiger partial charge in [0.05, 0.1) is 11.5 Å². The predicted octanol–water partition coefficient (Wildman–Crippen LogP) is 4.71. The number of aromatic nitrogens is 1. The molecule has 0 bridgehead atoms. The lowest BCUT2D eigenvalue weighted by Crippen LogP contribution is -2.22. The zero-order chi connectivity index (χ0) is 18.4. The van der Waals surface area contributed by atoms with Gasteiger partial charge in [0.25, 0.3) is 5.91 Å². The first kappa shape index (κ1) is 18.1. The zero-order valence-corrected chi connectivity index (χ0v) is 15.0. The molecule has 3 aromatic rings. The van der Waals surface area contributed by atoms with Gasteiger partial charge in [0.1, 0.15) is 4.83 Å². The monoisotopic (exact) mass is 370 g/mol. The summed E-state index contributed by atoms with van der Waals surface area (Å²) in [5.41, 5.74) is 0.388. The summed E-state index contributed by atoms with van der Waals surface area (Å²) >= 11 is 1.31. The van der Waals surface area contributed by atoms with Crippen LogP contribution in [0, 0.1) is 5.82 Å². The number of nitrogens with zero attached hydrogens (tertiary/aromatic N) is 1. The van der Waals surface area contributed by atoms with Crippen molar-refractivity contribution in [1.82, 2.24) is 10.3 Å². The molecule has 26 heavy (non-hydrogen) atoms. The molecule has 1 amide bonds. The standard InChI is InChI=1S/C20H19FN2O2S/c1-2-3-4-11-25-16-9-5-7-15(18(16)21)13-23-19(24)17-12-14-8-6-10-22-20(14)26-17/h2,5-10,12H,1,3-4,11,13H2,(H,23,24). The number of hydrogen-bond donors (Lipinski definition) is 1. The zero-order valence-electron chi connectivity index (χ0n) is 14.2. The van der Waals surface area contributed by atoms with E-state index in [4.69, 9.17) is 4.74 Å². The Morgan fingerprint density at radius 2 is 2.23 bits per heavy atom. The molecule has 134 valence electrons. The molecule has 0 fully saturated rings. The summed E-state index contributed by atoms with van der Waals surface area (Å²) in [4.78, 5) is 17.9. The summed E-state index contributed by atoms with van der Waals surface area (Å²) in [7, 11) is 0.